The molecule has 0 spiro atoms. The predicted molar refractivity (Wildman–Crippen MR) is 75.0 cm³/mol. The second-order valence-electron chi connectivity index (χ2n) is 4.34. The average molecular weight is 265 g/mol. The number of halogens is 1. The van der Waals surface area contributed by atoms with E-state index in [1.54, 1.807) is 12.4 Å². The molecule has 2 aromatic rings. The Labute approximate surface area is 112 Å². The van der Waals surface area contributed by atoms with Gasteiger partial charge in [0.1, 0.15) is 11.3 Å². The molecule has 0 aliphatic rings. The molecule has 0 aliphatic heterocycles. The number of alkyl halides is 1. The topological polar surface area (TPSA) is 50.7 Å². The molecule has 0 bridgehead atoms. The van der Waals surface area contributed by atoms with E-state index in [1.807, 2.05) is 12.1 Å². The van der Waals surface area contributed by atoms with Crippen molar-refractivity contribution in [2.45, 2.75) is 32.2 Å². The van der Waals surface area contributed by atoms with Crippen LogP contribution >= 0.6 is 11.6 Å². The van der Waals surface area contributed by atoms with Crippen molar-refractivity contribution in [2.75, 3.05) is 11.2 Å². The van der Waals surface area contributed by atoms with Gasteiger partial charge in [0.2, 0.25) is 0 Å². The number of hydrogen-bond acceptors (Lipinski definition) is 4. The summed E-state index contributed by atoms with van der Waals surface area (Å²) in [6.07, 6.45) is 5.21. The molecule has 0 saturated heterocycles. The Morgan fingerprint density at radius 3 is 2.56 bits per heavy atom. The van der Waals surface area contributed by atoms with Crippen molar-refractivity contribution < 1.29 is 0 Å². The number of fused-ring (bicyclic) bond motifs is 1. The summed E-state index contributed by atoms with van der Waals surface area (Å²) in [5.74, 6) is 1.35. The van der Waals surface area contributed by atoms with Gasteiger partial charge in [-0.05, 0) is 25.0 Å². The fraction of sp³-hybridized carbons (Fsp3) is 0.462. The summed E-state index contributed by atoms with van der Waals surface area (Å²) in [5, 5.41) is 3.42. The number of pyridine rings is 1. The van der Waals surface area contributed by atoms with Crippen LogP contribution in [0.3, 0.4) is 0 Å². The quantitative estimate of drug-likeness (QED) is 0.843. The molecular formula is C13H17ClN4. The zero-order valence-electron chi connectivity index (χ0n) is 10.7. The fourth-order valence-electron chi connectivity index (χ4n) is 1.84. The van der Waals surface area contributed by atoms with Crippen LogP contribution in [0, 0.1) is 0 Å². The van der Waals surface area contributed by atoms with Crippen molar-refractivity contribution in [3.05, 3.63) is 24.5 Å². The van der Waals surface area contributed by atoms with Crippen LogP contribution in [0.4, 0.5) is 5.82 Å². The lowest BCUT2D eigenvalue weighted by Crippen LogP contribution is -2.39. The first kappa shape index (κ1) is 13.0. The second-order valence-corrected chi connectivity index (χ2v) is 4.61. The molecule has 2 rings (SSSR count). The van der Waals surface area contributed by atoms with E-state index in [-0.39, 0.29) is 5.54 Å². The van der Waals surface area contributed by atoms with Crippen molar-refractivity contribution in [2.24, 2.45) is 0 Å². The molecule has 0 amide bonds. The molecule has 1 N–H and O–H groups in total. The molecule has 0 fully saturated rings. The molecule has 0 saturated carbocycles. The van der Waals surface area contributed by atoms with Gasteiger partial charge in [0.15, 0.2) is 5.65 Å². The smallest absolute Gasteiger partial charge is 0.180 e. The van der Waals surface area contributed by atoms with Crippen LogP contribution in [0.15, 0.2) is 24.5 Å². The number of hydrogen-bond donors (Lipinski definition) is 1. The first-order valence-electron chi connectivity index (χ1n) is 6.15. The van der Waals surface area contributed by atoms with Crippen LogP contribution in [-0.2, 0) is 0 Å². The van der Waals surface area contributed by atoms with Gasteiger partial charge in [-0.2, -0.15) is 0 Å². The molecule has 0 atom stereocenters. The van der Waals surface area contributed by atoms with E-state index in [1.165, 1.54) is 0 Å². The minimum absolute atomic E-state index is 0.107. The van der Waals surface area contributed by atoms with Gasteiger partial charge in [-0.25, -0.2) is 9.97 Å². The molecule has 96 valence electrons. The Kier molecular flexibility index (Phi) is 3.97. The third kappa shape index (κ3) is 2.53. The van der Waals surface area contributed by atoms with Crippen molar-refractivity contribution in [3.8, 4) is 0 Å². The Morgan fingerprint density at radius 1 is 1.17 bits per heavy atom. The van der Waals surface area contributed by atoms with E-state index >= 15 is 0 Å². The van der Waals surface area contributed by atoms with Crippen molar-refractivity contribution in [1.82, 2.24) is 15.0 Å². The predicted octanol–water partition coefficient (Wildman–Crippen LogP) is 3.23. The van der Waals surface area contributed by atoms with Crippen LogP contribution < -0.4 is 5.32 Å². The molecule has 18 heavy (non-hydrogen) atoms. The van der Waals surface area contributed by atoms with Crippen LogP contribution in [0.1, 0.15) is 26.7 Å². The van der Waals surface area contributed by atoms with Crippen molar-refractivity contribution >= 4 is 28.6 Å². The van der Waals surface area contributed by atoms with Gasteiger partial charge in [0.05, 0.1) is 5.54 Å². The van der Waals surface area contributed by atoms with Crippen LogP contribution in [0.25, 0.3) is 11.2 Å². The van der Waals surface area contributed by atoms with E-state index in [9.17, 15) is 0 Å². The largest absolute Gasteiger partial charge is 0.363 e. The summed E-state index contributed by atoms with van der Waals surface area (Å²) in [6, 6.07) is 3.84. The number of nitrogens with one attached hydrogen (secondary N) is 1. The fourth-order valence-corrected chi connectivity index (χ4v) is 2.29. The number of rotatable bonds is 5. The van der Waals surface area contributed by atoms with E-state index in [4.69, 9.17) is 11.6 Å². The lowest BCUT2D eigenvalue weighted by Gasteiger charge is -2.31. The first-order valence-corrected chi connectivity index (χ1v) is 6.68. The maximum atomic E-state index is 6.07. The highest BCUT2D eigenvalue weighted by Crippen LogP contribution is 2.23. The van der Waals surface area contributed by atoms with Gasteiger partial charge in [-0.15, -0.1) is 11.6 Å². The molecule has 2 heterocycles. The van der Waals surface area contributed by atoms with E-state index < -0.39 is 0 Å². The van der Waals surface area contributed by atoms with Gasteiger partial charge in [-0.3, -0.25) is 4.98 Å². The summed E-state index contributed by atoms with van der Waals surface area (Å²) >= 11 is 6.07. The number of aromatic nitrogens is 3. The molecule has 0 aromatic carbocycles. The monoisotopic (exact) mass is 264 g/mol. The summed E-state index contributed by atoms with van der Waals surface area (Å²) < 4.78 is 0. The van der Waals surface area contributed by atoms with Crippen LogP contribution in [0.2, 0.25) is 0 Å². The standard InChI is InChI=1S/C13H17ClN4/c1-3-13(4-2,9-14)18-11-6-5-10-12(17-11)16-8-7-15-10/h5-8H,3-4,9H2,1-2H3,(H,16,17,18). The Morgan fingerprint density at radius 2 is 1.89 bits per heavy atom. The maximum absolute atomic E-state index is 6.07. The first-order chi connectivity index (χ1) is 8.73. The highest BCUT2D eigenvalue weighted by molar-refractivity contribution is 6.18. The van der Waals surface area contributed by atoms with Crippen molar-refractivity contribution in [3.63, 3.8) is 0 Å². The van der Waals surface area contributed by atoms with Crippen molar-refractivity contribution in [1.29, 1.82) is 0 Å². The highest BCUT2D eigenvalue weighted by Gasteiger charge is 2.25. The average Bonchev–Trinajstić information content (AvgIpc) is 2.45. The Hall–Kier alpha value is -1.42. The van der Waals surface area contributed by atoms with Gasteiger partial charge in [0, 0.05) is 18.3 Å². The summed E-state index contributed by atoms with van der Waals surface area (Å²) in [4.78, 5) is 12.9. The Balaban J connectivity index is 2.31. The SMILES string of the molecule is CCC(CC)(CCl)Nc1ccc2nccnc2n1. The van der Waals surface area contributed by atoms with Gasteiger partial charge in [-0.1, -0.05) is 13.8 Å². The zero-order chi connectivity index (χ0) is 13.0. The van der Waals surface area contributed by atoms with E-state index in [2.05, 4.69) is 34.1 Å². The molecule has 0 radical (unpaired) electrons. The molecule has 0 unspecified atom stereocenters. The van der Waals surface area contributed by atoms with Gasteiger partial charge in [0.25, 0.3) is 0 Å². The maximum Gasteiger partial charge on any atom is 0.180 e. The van der Waals surface area contributed by atoms with E-state index in [0.29, 0.717) is 11.5 Å². The summed E-state index contributed by atoms with van der Waals surface area (Å²) in [7, 11) is 0. The molecule has 4 nitrogen and oxygen atoms in total. The lowest BCUT2D eigenvalue weighted by atomic mass is 9.95. The highest BCUT2D eigenvalue weighted by atomic mass is 35.5. The van der Waals surface area contributed by atoms with Gasteiger partial charge >= 0.3 is 0 Å². The Bertz CT molecular complexity index is 517. The van der Waals surface area contributed by atoms with Crippen LogP contribution in [0.5, 0.6) is 0 Å². The summed E-state index contributed by atoms with van der Waals surface area (Å²) in [6.45, 7) is 4.25. The molecular weight excluding hydrogens is 248 g/mol. The number of nitrogens with zero attached hydrogens (tertiary/aromatic N) is 3. The molecule has 5 heteroatoms. The minimum atomic E-state index is -0.107. The summed E-state index contributed by atoms with van der Waals surface area (Å²) in [5.41, 5.74) is 1.34. The minimum Gasteiger partial charge on any atom is -0.363 e. The lowest BCUT2D eigenvalue weighted by molar-refractivity contribution is 0.483. The number of anilines is 1. The molecule has 2 aromatic heterocycles. The normalized spacial score (nSPS) is 11.7. The molecule has 0 aliphatic carbocycles. The van der Waals surface area contributed by atoms with Gasteiger partial charge < -0.3 is 5.32 Å². The van der Waals surface area contributed by atoms with Crippen LogP contribution in [-0.4, -0.2) is 26.4 Å². The second kappa shape index (κ2) is 5.48. The third-order valence-electron chi connectivity index (χ3n) is 3.33. The zero-order valence-corrected chi connectivity index (χ0v) is 11.4. The van der Waals surface area contributed by atoms with E-state index in [0.717, 1.165) is 24.2 Å². The third-order valence-corrected chi connectivity index (χ3v) is 3.85.